The van der Waals surface area contributed by atoms with Gasteiger partial charge in [-0.25, -0.2) is 4.98 Å². The lowest BCUT2D eigenvalue weighted by Crippen LogP contribution is -1.90. The van der Waals surface area contributed by atoms with Gasteiger partial charge < -0.3 is 9.72 Å². The first-order chi connectivity index (χ1) is 11.3. The van der Waals surface area contributed by atoms with E-state index in [1.165, 1.54) is 0 Å². The van der Waals surface area contributed by atoms with Crippen molar-refractivity contribution >= 4 is 11.0 Å². The Bertz CT molecular complexity index is 923. The van der Waals surface area contributed by atoms with E-state index in [1.54, 1.807) is 6.20 Å². The van der Waals surface area contributed by atoms with Crippen molar-refractivity contribution in [3.05, 3.63) is 54.9 Å². The summed E-state index contributed by atoms with van der Waals surface area (Å²) < 4.78 is 5.48. The van der Waals surface area contributed by atoms with Crippen LogP contribution in [0.3, 0.4) is 0 Å². The third-order valence-electron chi connectivity index (χ3n) is 3.75. The minimum absolute atomic E-state index is 0.673. The smallest absolute Gasteiger partial charge is 0.138 e. The predicted molar refractivity (Wildman–Crippen MR) is 90.3 cm³/mol. The highest BCUT2D eigenvalue weighted by molar-refractivity contribution is 5.85. The van der Waals surface area contributed by atoms with Gasteiger partial charge in [0.1, 0.15) is 11.4 Å². The summed E-state index contributed by atoms with van der Waals surface area (Å²) in [4.78, 5) is 8.05. The summed E-state index contributed by atoms with van der Waals surface area (Å²) in [7, 11) is 0. The monoisotopic (exact) mass is 304 g/mol. The fraction of sp³-hybridized carbons (Fsp3) is 0.111. The number of rotatable bonds is 4. The predicted octanol–water partition coefficient (Wildman–Crippen LogP) is 4.02. The molecule has 0 radical (unpaired) electrons. The molecule has 1 aromatic carbocycles. The van der Waals surface area contributed by atoms with Crippen LogP contribution in [0, 0.1) is 0 Å². The summed E-state index contributed by atoms with van der Waals surface area (Å²) in [5.41, 5.74) is 4.89. The third-order valence-corrected chi connectivity index (χ3v) is 3.75. The number of H-pyrrole nitrogens is 2. The first-order valence-corrected chi connectivity index (χ1v) is 7.55. The lowest BCUT2D eigenvalue weighted by molar-refractivity contribution is 0.340. The molecule has 0 saturated heterocycles. The second-order valence-electron chi connectivity index (χ2n) is 5.26. The first-order valence-electron chi connectivity index (χ1n) is 7.55. The molecule has 5 nitrogen and oxygen atoms in total. The van der Waals surface area contributed by atoms with E-state index < -0.39 is 0 Å². The Morgan fingerprint density at radius 3 is 2.65 bits per heavy atom. The maximum absolute atomic E-state index is 5.48. The van der Waals surface area contributed by atoms with Gasteiger partial charge in [-0.2, -0.15) is 5.10 Å². The van der Waals surface area contributed by atoms with Crippen molar-refractivity contribution in [2.24, 2.45) is 0 Å². The van der Waals surface area contributed by atoms with Crippen LogP contribution < -0.4 is 4.74 Å². The van der Waals surface area contributed by atoms with Crippen LogP contribution in [-0.4, -0.2) is 26.8 Å². The first kappa shape index (κ1) is 13.6. The Balaban J connectivity index is 1.71. The van der Waals surface area contributed by atoms with Crippen molar-refractivity contribution in [1.29, 1.82) is 0 Å². The van der Waals surface area contributed by atoms with Gasteiger partial charge in [0.05, 0.1) is 18.5 Å². The Morgan fingerprint density at radius 1 is 1.04 bits per heavy atom. The van der Waals surface area contributed by atoms with E-state index in [1.807, 2.05) is 43.5 Å². The van der Waals surface area contributed by atoms with E-state index in [2.05, 4.69) is 32.3 Å². The molecule has 3 heterocycles. The van der Waals surface area contributed by atoms with Crippen LogP contribution in [0.1, 0.15) is 6.92 Å². The molecule has 0 aliphatic carbocycles. The molecule has 0 aliphatic rings. The Morgan fingerprint density at radius 2 is 1.91 bits per heavy atom. The number of benzene rings is 1. The maximum Gasteiger partial charge on any atom is 0.138 e. The zero-order chi connectivity index (χ0) is 15.6. The molecule has 0 saturated carbocycles. The van der Waals surface area contributed by atoms with E-state index in [-0.39, 0.29) is 0 Å². The molecule has 2 N–H and O–H groups in total. The number of hydrogen-bond acceptors (Lipinski definition) is 3. The van der Waals surface area contributed by atoms with Crippen LogP contribution >= 0.6 is 0 Å². The lowest BCUT2D eigenvalue weighted by Gasteiger charge is -2.03. The van der Waals surface area contributed by atoms with Gasteiger partial charge in [0.25, 0.3) is 0 Å². The number of pyridine rings is 1. The minimum atomic E-state index is 0.673. The molecule has 23 heavy (non-hydrogen) atoms. The Kier molecular flexibility index (Phi) is 3.31. The summed E-state index contributed by atoms with van der Waals surface area (Å²) in [6.45, 7) is 2.65. The van der Waals surface area contributed by atoms with Crippen molar-refractivity contribution in [2.75, 3.05) is 6.61 Å². The van der Waals surface area contributed by atoms with E-state index in [9.17, 15) is 0 Å². The second-order valence-corrected chi connectivity index (χ2v) is 5.26. The molecule has 0 spiro atoms. The molecule has 0 fully saturated rings. The van der Waals surface area contributed by atoms with Gasteiger partial charge in [0, 0.05) is 22.8 Å². The zero-order valence-electron chi connectivity index (χ0n) is 12.7. The van der Waals surface area contributed by atoms with Crippen LogP contribution in [0.25, 0.3) is 33.5 Å². The molecule has 0 atom stereocenters. The molecule has 0 bridgehead atoms. The van der Waals surface area contributed by atoms with E-state index in [4.69, 9.17) is 4.74 Å². The molecular formula is C18H16N4O. The highest BCUT2D eigenvalue weighted by Gasteiger charge is 2.07. The quantitative estimate of drug-likeness (QED) is 0.598. The molecule has 0 amide bonds. The molecule has 4 rings (SSSR count). The maximum atomic E-state index is 5.48. The van der Waals surface area contributed by atoms with Gasteiger partial charge in [0.15, 0.2) is 0 Å². The SMILES string of the molecule is CCOc1ccc(-c2cc3ccc(-c4cn[nH]c4)nc3[nH]2)cc1. The van der Waals surface area contributed by atoms with Crippen LogP contribution in [0.5, 0.6) is 5.75 Å². The molecular weight excluding hydrogens is 288 g/mol. The molecule has 3 aromatic heterocycles. The number of fused-ring (bicyclic) bond motifs is 1. The summed E-state index contributed by atoms with van der Waals surface area (Å²) >= 11 is 0. The Hall–Kier alpha value is -3.08. The fourth-order valence-electron chi connectivity index (χ4n) is 2.61. The highest BCUT2D eigenvalue weighted by Crippen LogP contribution is 2.27. The van der Waals surface area contributed by atoms with Crippen LogP contribution in [0.15, 0.2) is 54.9 Å². The molecule has 5 heteroatoms. The van der Waals surface area contributed by atoms with Crippen LogP contribution in [0.4, 0.5) is 0 Å². The zero-order valence-corrected chi connectivity index (χ0v) is 12.7. The van der Waals surface area contributed by atoms with Crippen molar-refractivity contribution in [3.8, 4) is 28.3 Å². The fourth-order valence-corrected chi connectivity index (χ4v) is 2.61. The molecule has 4 aromatic rings. The average Bonchev–Trinajstić information content (AvgIpc) is 3.24. The van der Waals surface area contributed by atoms with Gasteiger partial charge in [-0.05, 0) is 55.0 Å². The van der Waals surface area contributed by atoms with Gasteiger partial charge in [-0.3, -0.25) is 5.10 Å². The minimum Gasteiger partial charge on any atom is -0.494 e. The summed E-state index contributed by atoms with van der Waals surface area (Å²) in [6.07, 6.45) is 3.61. The summed E-state index contributed by atoms with van der Waals surface area (Å²) in [5.74, 6) is 0.882. The van der Waals surface area contributed by atoms with Crippen molar-refractivity contribution in [2.45, 2.75) is 6.92 Å². The number of ether oxygens (including phenoxy) is 1. The second kappa shape index (κ2) is 5.61. The summed E-state index contributed by atoms with van der Waals surface area (Å²) in [5, 5.41) is 7.86. The van der Waals surface area contributed by atoms with E-state index in [0.717, 1.165) is 39.3 Å². The van der Waals surface area contributed by atoms with Crippen LogP contribution in [0.2, 0.25) is 0 Å². The Labute approximate surface area is 133 Å². The molecule has 114 valence electrons. The van der Waals surface area contributed by atoms with E-state index >= 15 is 0 Å². The van der Waals surface area contributed by atoms with E-state index in [0.29, 0.717) is 6.61 Å². The average molecular weight is 304 g/mol. The number of nitrogens with zero attached hydrogens (tertiary/aromatic N) is 2. The third kappa shape index (κ3) is 2.57. The number of aromatic amines is 2. The normalized spacial score (nSPS) is 11.0. The van der Waals surface area contributed by atoms with Gasteiger partial charge in [-0.1, -0.05) is 0 Å². The highest BCUT2D eigenvalue weighted by atomic mass is 16.5. The van der Waals surface area contributed by atoms with Crippen molar-refractivity contribution < 1.29 is 4.74 Å². The van der Waals surface area contributed by atoms with Gasteiger partial charge in [-0.15, -0.1) is 0 Å². The number of hydrogen-bond donors (Lipinski definition) is 2. The van der Waals surface area contributed by atoms with Crippen molar-refractivity contribution in [1.82, 2.24) is 20.2 Å². The van der Waals surface area contributed by atoms with Gasteiger partial charge in [0.2, 0.25) is 0 Å². The van der Waals surface area contributed by atoms with Gasteiger partial charge >= 0.3 is 0 Å². The molecule has 0 aliphatic heterocycles. The lowest BCUT2D eigenvalue weighted by atomic mass is 10.1. The topological polar surface area (TPSA) is 66.6 Å². The summed E-state index contributed by atoms with van der Waals surface area (Å²) in [6, 6.07) is 14.2. The number of nitrogens with one attached hydrogen (secondary N) is 2. The van der Waals surface area contributed by atoms with Crippen molar-refractivity contribution in [3.63, 3.8) is 0 Å². The standard InChI is InChI=1S/C18H16N4O/c1-2-23-15-6-3-12(4-7-15)17-9-13-5-8-16(21-18(13)22-17)14-10-19-20-11-14/h3-11H,2H2,1H3,(H,19,20)(H,21,22). The molecule has 0 unspecified atom stereocenters. The number of aromatic nitrogens is 4. The van der Waals surface area contributed by atoms with Crippen LogP contribution in [-0.2, 0) is 0 Å². The largest absolute Gasteiger partial charge is 0.494 e.